The van der Waals surface area contributed by atoms with Crippen molar-refractivity contribution in [1.82, 2.24) is 4.90 Å². The van der Waals surface area contributed by atoms with Gasteiger partial charge in [-0.3, -0.25) is 14.5 Å². The highest BCUT2D eigenvalue weighted by atomic mass is 16.2. The first kappa shape index (κ1) is 13.5. The van der Waals surface area contributed by atoms with E-state index in [9.17, 15) is 9.59 Å². The van der Waals surface area contributed by atoms with Crippen molar-refractivity contribution in [1.29, 1.82) is 0 Å². The summed E-state index contributed by atoms with van der Waals surface area (Å²) in [6.45, 7) is 8.00. The number of carbonyl (C=O) groups excluding carboxylic acids is 2. The molecule has 0 bridgehead atoms. The number of carbonyl (C=O) groups is 2. The SMILES string of the molecule is CC.CC.CN1C(=O)C=CC1=O. The highest BCUT2D eigenvalue weighted by molar-refractivity contribution is 6.12. The number of hydrogen-bond donors (Lipinski definition) is 0. The molecule has 70 valence electrons. The van der Waals surface area contributed by atoms with E-state index in [1.807, 2.05) is 27.7 Å². The molecular formula is C9H17NO2. The van der Waals surface area contributed by atoms with Gasteiger partial charge in [-0.25, -0.2) is 0 Å². The molecule has 0 spiro atoms. The van der Waals surface area contributed by atoms with E-state index in [1.165, 1.54) is 19.2 Å². The Labute approximate surface area is 74.1 Å². The summed E-state index contributed by atoms with van der Waals surface area (Å²) in [6.07, 6.45) is 2.50. The van der Waals surface area contributed by atoms with Crippen molar-refractivity contribution < 1.29 is 9.59 Å². The van der Waals surface area contributed by atoms with Gasteiger partial charge in [-0.05, 0) is 0 Å². The maximum absolute atomic E-state index is 10.4. The Morgan fingerprint density at radius 1 is 0.917 bits per heavy atom. The Bertz CT molecular complexity index is 155. The van der Waals surface area contributed by atoms with Crippen molar-refractivity contribution in [3.8, 4) is 0 Å². The number of likely N-dealkylation sites (N-methyl/N-ethyl adjacent to an activating group) is 1. The van der Waals surface area contributed by atoms with Crippen LogP contribution in [0.5, 0.6) is 0 Å². The fraction of sp³-hybridized carbons (Fsp3) is 0.556. The lowest BCUT2D eigenvalue weighted by molar-refractivity contribution is -0.135. The predicted molar refractivity (Wildman–Crippen MR) is 49.6 cm³/mol. The van der Waals surface area contributed by atoms with Gasteiger partial charge in [0, 0.05) is 19.2 Å². The number of hydrogen-bond acceptors (Lipinski definition) is 2. The fourth-order valence-corrected chi connectivity index (χ4v) is 0.475. The van der Waals surface area contributed by atoms with Gasteiger partial charge in [-0.15, -0.1) is 0 Å². The first-order valence-corrected chi connectivity index (χ1v) is 4.21. The minimum Gasteiger partial charge on any atom is -0.279 e. The Morgan fingerprint density at radius 3 is 1.25 bits per heavy atom. The normalized spacial score (nSPS) is 13.2. The minimum atomic E-state index is -0.241. The van der Waals surface area contributed by atoms with E-state index in [-0.39, 0.29) is 11.8 Å². The van der Waals surface area contributed by atoms with Gasteiger partial charge in [0.2, 0.25) is 0 Å². The van der Waals surface area contributed by atoms with Gasteiger partial charge >= 0.3 is 0 Å². The van der Waals surface area contributed by atoms with E-state index in [1.54, 1.807) is 0 Å². The van der Waals surface area contributed by atoms with Crippen molar-refractivity contribution in [3.63, 3.8) is 0 Å². The van der Waals surface area contributed by atoms with Crippen LogP contribution in [-0.4, -0.2) is 23.8 Å². The maximum atomic E-state index is 10.4. The van der Waals surface area contributed by atoms with Crippen LogP contribution >= 0.6 is 0 Å². The topological polar surface area (TPSA) is 37.4 Å². The number of rotatable bonds is 0. The molecule has 0 aliphatic carbocycles. The number of amides is 2. The van der Waals surface area contributed by atoms with Gasteiger partial charge in [-0.1, -0.05) is 27.7 Å². The van der Waals surface area contributed by atoms with Gasteiger partial charge in [-0.2, -0.15) is 0 Å². The molecule has 0 aromatic carbocycles. The van der Waals surface area contributed by atoms with E-state index in [0.29, 0.717) is 0 Å². The van der Waals surface area contributed by atoms with Crippen LogP contribution < -0.4 is 0 Å². The lowest BCUT2D eigenvalue weighted by Gasteiger charge is -2.01. The molecule has 0 N–H and O–H groups in total. The second-order valence-corrected chi connectivity index (χ2v) is 1.57. The van der Waals surface area contributed by atoms with Crippen LogP contribution in [0.3, 0.4) is 0 Å². The monoisotopic (exact) mass is 171 g/mol. The van der Waals surface area contributed by atoms with Gasteiger partial charge < -0.3 is 0 Å². The molecule has 3 nitrogen and oxygen atoms in total. The van der Waals surface area contributed by atoms with Gasteiger partial charge in [0.05, 0.1) is 0 Å². The number of imide groups is 1. The first-order valence-electron chi connectivity index (χ1n) is 4.21. The summed E-state index contributed by atoms with van der Waals surface area (Å²) in [5.74, 6) is -0.481. The summed E-state index contributed by atoms with van der Waals surface area (Å²) in [5, 5.41) is 0. The smallest absolute Gasteiger partial charge is 0.253 e. The zero-order valence-corrected chi connectivity index (χ0v) is 8.42. The Morgan fingerprint density at radius 2 is 1.17 bits per heavy atom. The minimum absolute atomic E-state index is 0.241. The molecule has 1 aliphatic heterocycles. The summed E-state index contributed by atoms with van der Waals surface area (Å²) in [7, 11) is 1.45. The van der Waals surface area contributed by atoms with Crippen molar-refractivity contribution in [2.45, 2.75) is 27.7 Å². The maximum Gasteiger partial charge on any atom is 0.253 e. The first-order chi connectivity index (χ1) is 5.72. The second-order valence-electron chi connectivity index (χ2n) is 1.57. The lowest BCUT2D eigenvalue weighted by Crippen LogP contribution is -2.24. The summed E-state index contributed by atoms with van der Waals surface area (Å²) in [5.41, 5.74) is 0. The summed E-state index contributed by atoms with van der Waals surface area (Å²) >= 11 is 0. The molecule has 3 heteroatoms. The van der Waals surface area contributed by atoms with Crippen LogP contribution in [0.2, 0.25) is 0 Å². The van der Waals surface area contributed by atoms with Gasteiger partial charge in [0.25, 0.3) is 11.8 Å². The average molecular weight is 171 g/mol. The third-order valence-electron chi connectivity index (χ3n) is 1.03. The molecule has 0 fully saturated rings. The van der Waals surface area contributed by atoms with Gasteiger partial charge in [0.1, 0.15) is 0 Å². The molecule has 1 heterocycles. The molecule has 0 radical (unpaired) electrons. The van der Waals surface area contributed by atoms with Crippen LogP contribution in [0.15, 0.2) is 12.2 Å². The zero-order valence-electron chi connectivity index (χ0n) is 8.42. The van der Waals surface area contributed by atoms with Gasteiger partial charge in [0.15, 0.2) is 0 Å². The molecule has 0 saturated carbocycles. The number of nitrogens with zero attached hydrogens (tertiary/aromatic N) is 1. The molecule has 12 heavy (non-hydrogen) atoms. The third kappa shape index (κ3) is 3.91. The molecule has 1 rings (SSSR count). The molecule has 2 amide bonds. The molecule has 0 saturated heterocycles. The van der Waals surface area contributed by atoms with Crippen molar-refractivity contribution in [2.75, 3.05) is 7.05 Å². The van der Waals surface area contributed by atoms with Crippen LogP contribution in [0, 0.1) is 0 Å². The Kier molecular flexibility index (Phi) is 8.96. The molecule has 0 unspecified atom stereocenters. The molecule has 0 aromatic rings. The molecule has 1 aliphatic rings. The largest absolute Gasteiger partial charge is 0.279 e. The van der Waals surface area contributed by atoms with Crippen LogP contribution in [-0.2, 0) is 9.59 Å². The lowest BCUT2D eigenvalue weighted by atomic mass is 10.6. The average Bonchev–Trinajstić information content (AvgIpc) is 2.43. The van der Waals surface area contributed by atoms with Crippen molar-refractivity contribution in [3.05, 3.63) is 12.2 Å². The van der Waals surface area contributed by atoms with Crippen LogP contribution in [0.25, 0.3) is 0 Å². The fourth-order valence-electron chi connectivity index (χ4n) is 0.475. The standard InChI is InChI=1S/C5H5NO2.2C2H6/c1-6-4(7)2-3-5(6)8;2*1-2/h2-3H,1H3;2*1-2H3. The third-order valence-corrected chi connectivity index (χ3v) is 1.03. The summed E-state index contributed by atoms with van der Waals surface area (Å²) in [4.78, 5) is 21.9. The van der Waals surface area contributed by atoms with E-state index < -0.39 is 0 Å². The second kappa shape index (κ2) is 7.98. The van der Waals surface area contributed by atoms with E-state index in [0.717, 1.165) is 4.90 Å². The predicted octanol–water partition coefficient (Wildman–Crippen LogP) is 1.59. The van der Waals surface area contributed by atoms with Crippen molar-refractivity contribution in [2.24, 2.45) is 0 Å². The highest BCUT2D eigenvalue weighted by Crippen LogP contribution is 1.97. The Balaban J connectivity index is 0. The Hall–Kier alpha value is -1.12. The summed E-state index contributed by atoms with van der Waals surface area (Å²) in [6, 6.07) is 0. The zero-order chi connectivity index (χ0) is 10.1. The van der Waals surface area contributed by atoms with Crippen LogP contribution in [0.1, 0.15) is 27.7 Å². The van der Waals surface area contributed by atoms with E-state index in [4.69, 9.17) is 0 Å². The van der Waals surface area contributed by atoms with Crippen LogP contribution in [0.4, 0.5) is 0 Å². The summed E-state index contributed by atoms with van der Waals surface area (Å²) < 4.78 is 0. The van der Waals surface area contributed by atoms with Crippen molar-refractivity contribution >= 4 is 11.8 Å². The quantitative estimate of drug-likeness (QED) is 0.519. The molecule has 0 aromatic heterocycles. The van der Waals surface area contributed by atoms with E-state index in [2.05, 4.69) is 0 Å². The van der Waals surface area contributed by atoms with E-state index >= 15 is 0 Å². The molecular weight excluding hydrogens is 154 g/mol. The molecule has 0 atom stereocenters. The highest BCUT2D eigenvalue weighted by Gasteiger charge is 2.17.